The van der Waals surface area contributed by atoms with E-state index in [0.717, 1.165) is 12.8 Å². The van der Waals surface area contributed by atoms with Gasteiger partial charge >= 0.3 is 5.97 Å². The number of benzene rings is 2. The second-order valence-corrected chi connectivity index (χ2v) is 10.0. The van der Waals surface area contributed by atoms with Crippen LogP contribution in [-0.2, 0) is 4.79 Å². The minimum atomic E-state index is -2.44. The van der Waals surface area contributed by atoms with E-state index in [-0.39, 0.29) is 16.5 Å². The molecule has 2 aromatic carbocycles. The van der Waals surface area contributed by atoms with Crippen molar-refractivity contribution >= 4 is 27.2 Å². The zero-order valence-corrected chi connectivity index (χ0v) is 18.3. The number of carbonyl (C=O) groups is 1. The van der Waals surface area contributed by atoms with Crippen molar-refractivity contribution in [3.05, 3.63) is 69.8 Å². The van der Waals surface area contributed by atoms with Crippen LogP contribution in [-0.4, -0.2) is 28.2 Å². The first-order valence-electron chi connectivity index (χ1n) is 10.1. The molecule has 2 atom stereocenters. The highest BCUT2D eigenvalue weighted by molar-refractivity contribution is 8.47. The van der Waals surface area contributed by atoms with E-state index in [9.17, 15) is 25.3 Å². The monoisotopic (exact) mass is 453 g/mol. The van der Waals surface area contributed by atoms with E-state index in [1.165, 1.54) is 18.3 Å². The Hall–Kier alpha value is -3.64. The third kappa shape index (κ3) is 4.50. The predicted octanol–water partition coefficient (Wildman–Crippen LogP) is 5.49. The number of hydrogen-bond acceptors (Lipinski definition) is 6. The number of hydrogen-bond donors (Lipinski definition) is 1. The topological polar surface area (TPSA) is 126 Å². The lowest BCUT2D eigenvalue weighted by atomic mass is 10.0. The summed E-state index contributed by atoms with van der Waals surface area (Å²) >= 11 is 0. The van der Waals surface area contributed by atoms with Crippen LogP contribution in [0.3, 0.4) is 0 Å². The van der Waals surface area contributed by atoms with Gasteiger partial charge in [-0.05, 0) is 37.1 Å². The fourth-order valence-corrected chi connectivity index (χ4v) is 6.71. The van der Waals surface area contributed by atoms with Crippen molar-refractivity contribution in [2.75, 3.05) is 6.61 Å². The van der Waals surface area contributed by atoms with E-state index >= 15 is 0 Å². The average molecular weight is 454 g/mol. The molecule has 1 aliphatic heterocycles. The van der Waals surface area contributed by atoms with Crippen LogP contribution in [0.15, 0.2) is 74.4 Å². The molecule has 8 nitrogen and oxygen atoms in total. The van der Waals surface area contributed by atoms with Gasteiger partial charge in [0.25, 0.3) is 5.69 Å². The second kappa shape index (κ2) is 10.1. The average Bonchev–Trinajstić information content (AvgIpc) is 3.25. The molecule has 0 radical (unpaired) electrons. The molecule has 0 amide bonds. The number of carboxylic acids is 1. The Morgan fingerprint density at radius 1 is 1.25 bits per heavy atom. The summed E-state index contributed by atoms with van der Waals surface area (Å²) in [4.78, 5) is 28.3. The summed E-state index contributed by atoms with van der Waals surface area (Å²) in [6.07, 6.45) is 3.58. The number of carboxylic acid groups (broad SMARTS) is 1. The maximum atomic E-state index is 12.2. The zero-order chi connectivity index (χ0) is 23.1. The Morgan fingerprint density at radius 2 is 1.97 bits per heavy atom. The highest BCUT2D eigenvalue weighted by Crippen LogP contribution is 2.70. The van der Waals surface area contributed by atoms with Gasteiger partial charge in [-0.25, -0.2) is 4.79 Å². The zero-order valence-electron chi connectivity index (χ0n) is 17.5. The largest absolute Gasteiger partial charge is 0.492 e. The summed E-state index contributed by atoms with van der Waals surface area (Å²) in [7, 11) is -2.44. The van der Waals surface area contributed by atoms with Crippen LogP contribution in [0.1, 0.15) is 26.2 Å². The number of rotatable bonds is 10. The van der Waals surface area contributed by atoms with Crippen molar-refractivity contribution in [1.82, 2.24) is 0 Å². The molecule has 2 unspecified atom stereocenters. The number of nitrogens with zero attached hydrogens (tertiary/aromatic N) is 3. The number of aliphatic carboxylic acids is 1. The molecular formula is C23H23N3O5S. The molecule has 1 aliphatic rings. The lowest BCUT2D eigenvalue weighted by Crippen LogP contribution is -2.13. The molecule has 32 heavy (non-hydrogen) atoms. The van der Waals surface area contributed by atoms with Crippen molar-refractivity contribution in [2.45, 2.75) is 36.0 Å². The molecule has 1 N–H and O–H groups in total. The van der Waals surface area contributed by atoms with Gasteiger partial charge < -0.3 is 9.84 Å². The Labute approximate surface area is 187 Å². The smallest absolute Gasteiger partial charge is 0.343 e. The number of para-hydroxylation sites is 1. The van der Waals surface area contributed by atoms with Gasteiger partial charge in [-0.2, -0.15) is 5.26 Å². The molecule has 0 saturated carbocycles. The Kier molecular flexibility index (Phi) is 7.28. The number of nitro groups is 1. The SMILES string of the molecule is CCCC(C#N)CCOc1ccccc1S1(c2ccc([N+](=O)[O-])cc2)C=NC=C1C(=O)O. The van der Waals surface area contributed by atoms with Gasteiger partial charge in [-0.15, -0.1) is 10.0 Å². The van der Waals surface area contributed by atoms with Gasteiger partial charge in [0.2, 0.25) is 0 Å². The predicted molar refractivity (Wildman–Crippen MR) is 122 cm³/mol. The second-order valence-electron chi connectivity index (χ2n) is 7.16. The molecule has 0 saturated heterocycles. The van der Waals surface area contributed by atoms with Gasteiger partial charge in [0, 0.05) is 34.0 Å². The molecule has 2 aromatic rings. The third-order valence-corrected chi connectivity index (χ3v) is 8.59. The van der Waals surface area contributed by atoms with E-state index in [4.69, 9.17) is 4.74 Å². The van der Waals surface area contributed by atoms with Crippen molar-refractivity contribution in [1.29, 1.82) is 5.26 Å². The first-order valence-corrected chi connectivity index (χ1v) is 11.8. The highest BCUT2D eigenvalue weighted by atomic mass is 32.3. The molecule has 0 aromatic heterocycles. The van der Waals surface area contributed by atoms with Crippen LogP contribution in [0.5, 0.6) is 5.75 Å². The lowest BCUT2D eigenvalue weighted by molar-refractivity contribution is -0.384. The van der Waals surface area contributed by atoms with Crippen LogP contribution in [0, 0.1) is 27.4 Å². The lowest BCUT2D eigenvalue weighted by Gasteiger charge is -2.35. The summed E-state index contributed by atoms with van der Waals surface area (Å²) in [5, 5.41) is 30.3. The normalized spacial score (nSPS) is 19.9. The summed E-state index contributed by atoms with van der Waals surface area (Å²) in [6.45, 7) is 2.34. The van der Waals surface area contributed by atoms with Crippen molar-refractivity contribution in [2.24, 2.45) is 10.9 Å². The van der Waals surface area contributed by atoms with Gasteiger partial charge in [-0.3, -0.25) is 15.1 Å². The number of nitro benzene ring substituents is 1. The molecule has 0 fully saturated rings. The van der Waals surface area contributed by atoms with E-state index < -0.39 is 20.9 Å². The molecule has 1 heterocycles. The van der Waals surface area contributed by atoms with Crippen LogP contribution in [0.2, 0.25) is 0 Å². The van der Waals surface area contributed by atoms with E-state index in [2.05, 4.69) is 11.1 Å². The fourth-order valence-electron chi connectivity index (χ4n) is 3.56. The van der Waals surface area contributed by atoms with Crippen LogP contribution >= 0.6 is 10.0 Å². The minimum absolute atomic E-state index is 0.0814. The minimum Gasteiger partial charge on any atom is -0.492 e. The van der Waals surface area contributed by atoms with Crippen molar-refractivity contribution in [3.63, 3.8) is 0 Å². The number of nitriles is 1. The molecule has 9 heteroatoms. The molecule has 166 valence electrons. The van der Waals surface area contributed by atoms with E-state index in [0.29, 0.717) is 28.6 Å². The summed E-state index contributed by atoms with van der Waals surface area (Å²) in [5.74, 6) is -0.710. The first-order chi connectivity index (χ1) is 15.4. The highest BCUT2D eigenvalue weighted by Gasteiger charge is 2.40. The van der Waals surface area contributed by atoms with Gasteiger partial charge in [-0.1, -0.05) is 25.5 Å². The Morgan fingerprint density at radius 3 is 2.59 bits per heavy atom. The standard InChI is InChI=1S/C23H23N3O5S/c1-2-5-17(14-24)12-13-31-20-6-3-4-7-21(20)32(16-25-15-22(32)23(27)28)19-10-8-18(9-11-19)26(29)30/h3-4,6-11,15-17H,2,5,12-13H2,1H3,(H,27,28). The quantitative estimate of drug-likeness (QED) is 0.374. The third-order valence-electron chi connectivity index (χ3n) is 5.13. The number of non-ortho nitro benzene ring substituents is 1. The van der Waals surface area contributed by atoms with Crippen LogP contribution in [0.25, 0.3) is 0 Å². The number of aliphatic imine (C=N–C) groups is 1. The summed E-state index contributed by atoms with van der Waals surface area (Å²) < 4.78 is 6.04. The maximum absolute atomic E-state index is 12.2. The fraction of sp³-hybridized carbons (Fsp3) is 0.261. The Bertz CT molecular complexity index is 1110. The van der Waals surface area contributed by atoms with Crippen LogP contribution < -0.4 is 4.74 Å². The van der Waals surface area contributed by atoms with Crippen molar-refractivity contribution < 1.29 is 19.6 Å². The van der Waals surface area contributed by atoms with E-state index in [1.807, 2.05) is 6.92 Å². The van der Waals surface area contributed by atoms with Gasteiger partial charge in [0.1, 0.15) is 10.7 Å². The summed E-state index contributed by atoms with van der Waals surface area (Å²) in [6, 6.07) is 15.3. The molecular weight excluding hydrogens is 430 g/mol. The first kappa shape index (κ1) is 23.0. The maximum Gasteiger partial charge on any atom is 0.343 e. The number of ether oxygens (including phenoxy) is 1. The molecule has 0 aliphatic carbocycles. The van der Waals surface area contributed by atoms with Gasteiger partial charge in [0.05, 0.1) is 23.1 Å². The van der Waals surface area contributed by atoms with Gasteiger partial charge in [0.15, 0.2) is 0 Å². The molecule has 3 rings (SSSR count). The molecule has 0 spiro atoms. The van der Waals surface area contributed by atoms with Crippen LogP contribution in [0.4, 0.5) is 5.69 Å². The van der Waals surface area contributed by atoms with Crippen molar-refractivity contribution in [3.8, 4) is 11.8 Å². The summed E-state index contributed by atoms with van der Waals surface area (Å²) in [5.41, 5.74) is 1.52. The Balaban J connectivity index is 2.03. The van der Waals surface area contributed by atoms with E-state index in [1.54, 1.807) is 41.9 Å². The molecule has 0 bridgehead atoms.